The van der Waals surface area contributed by atoms with Crippen LogP contribution in [-0.4, -0.2) is 67.6 Å². The molecule has 2 N–H and O–H groups in total. The average Bonchev–Trinajstić information content (AvgIpc) is 2.85. The summed E-state index contributed by atoms with van der Waals surface area (Å²) in [6.45, 7) is 1.26. The molecule has 1 unspecified atom stereocenters. The van der Waals surface area contributed by atoms with Gasteiger partial charge in [-0.15, -0.1) is 24.2 Å². The second kappa shape index (κ2) is 9.09. The van der Waals surface area contributed by atoms with Gasteiger partial charge in [-0.2, -0.15) is 0 Å². The van der Waals surface area contributed by atoms with Gasteiger partial charge in [0.1, 0.15) is 0 Å². The molecular weight excluding hydrogens is 322 g/mol. The Morgan fingerprint density at radius 2 is 2.10 bits per heavy atom. The molecule has 1 amide bonds. The fourth-order valence-electron chi connectivity index (χ4n) is 1.81. The maximum absolute atomic E-state index is 11.9. The van der Waals surface area contributed by atoms with Crippen molar-refractivity contribution in [3.8, 4) is 0 Å². The van der Waals surface area contributed by atoms with Gasteiger partial charge in [0.2, 0.25) is 15.9 Å². The van der Waals surface area contributed by atoms with Crippen molar-refractivity contribution in [1.29, 1.82) is 0 Å². The van der Waals surface area contributed by atoms with Gasteiger partial charge >= 0.3 is 0 Å². The van der Waals surface area contributed by atoms with E-state index < -0.39 is 16.1 Å². The zero-order chi connectivity index (χ0) is 14.5. The van der Waals surface area contributed by atoms with Crippen LogP contribution < -0.4 is 5.73 Å². The fraction of sp³-hybridized carbons (Fsp3) is 0.909. The van der Waals surface area contributed by atoms with Crippen LogP contribution in [0.2, 0.25) is 0 Å². The minimum Gasteiger partial charge on any atom is -0.331 e. The third kappa shape index (κ3) is 6.62. The van der Waals surface area contributed by atoms with Gasteiger partial charge in [-0.05, 0) is 12.8 Å². The number of amides is 1. The number of carbonyl (C=O) groups excluding carboxylic acids is 1. The molecule has 0 radical (unpaired) electrons. The lowest BCUT2D eigenvalue weighted by molar-refractivity contribution is -0.131. The van der Waals surface area contributed by atoms with Gasteiger partial charge in [0.05, 0.1) is 18.2 Å². The van der Waals surface area contributed by atoms with Crippen LogP contribution in [0.4, 0.5) is 0 Å². The summed E-state index contributed by atoms with van der Waals surface area (Å²) in [6, 6.07) is -0.456. The molecule has 1 saturated heterocycles. The van der Waals surface area contributed by atoms with Crippen LogP contribution in [-0.2, 0) is 14.8 Å². The number of thioether (sulfide) groups is 1. The Hall–Kier alpha value is -0.0200. The first-order valence-electron chi connectivity index (χ1n) is 6.36. The van der Waals surface area contributed by atoms with E-state index in [2.05, 4.69) is 0 Å². The first kappa shape index (κ1) is 20.0. The molecule has 120 valence electrons. The maximum Gasteiger partial charge on any atom is 0.240 e. The van der Waals surface area contributed by atoms with E-state index in [4.69, 9.17) is 5.73 Å². The highest BCUT2D eigenvalue weighted by molar-refractivity contribution is 7.99. The normalized spacial score (nSPS) is 17.1. The zero-order valence-corrected chi connectivity index (χ0v) is 14.4. The van der Waals surface area contributed by atoms with Crippen molar-refractivity contribution in [2.75, 3.05) is 38.0 Å². The smallest absolute Gasteiger partial charge is 0.240 e. The second-order valence-corrected chi connectivity index (χ2v) is 7.99. The Bertz CT molecular complexity index is 400. The number of unbranched alkanes of at least 4 members (excludes halogenated alkanes) is 1. The van der Waals surface area contributed by atoms with E-state index in [0.29, 0.717) is 13.0 Å². The van der Waals surface area contributed by atoms with E-state index in [9.17, 15) is 13.2 Å². The van der Waals surface area contributed by atoms with Crippen molar-refractivity contribution in [3.05, 3.63) is 0 Å². The van der Waals surface area contributed by atoms with Gasteiger partial charge < -0.3 is 10.6 Å². The number of halogens is 1. The van der Waals surface area contributed by atoms with Crippen molar-refractivity contribution in [2.24, 2.45) is 5.73 Å². The summed E-state index contributed by atoms with van der Waals surface area (Å²) in [5.74, 6) is 1.74. The molecule has 0 aromatic heterocycles. The quantitative estimate of drug-likeness (QED) is 0.672. The van der Waals surface area contributed by atoms with Crippen LogP contribution in [0.15, 0.2) is 0 Å². The molecular formula is C11H24ClN3O3S2. The first-order chi connectivity index (χ1) is 8.82. The van der Waals surface area contributed by atoms with Crippen molar-refractivity contribution >= 4 is 40.1 Å². The molecule has 1 rings (SSSR count). The summed E-state index contributed by atoms with van der Waals surface area (Å²) in [5.41, 5.74) is 5.87. The molecule has 20 heavy (non-hydrogen) atoms. The van der Waals surface area contributed by atoms with E-state index in [1.807, 2.05) is 0 Å². The van der Waals surface area contributed by atoms with E-state index in [1.54, 1.807) is 23.7 Å². The van der Waals surface area contributed by atoms with Gasteiger partial charge in [-0.3, -0.25) is 4.79 Å². The monoisotopic (exact) mass is 345 g/mol. The van der Waals surface area contributed by atoms with Crippen LogP contribution in [0.5, 0.6) is 0 Å². The molecule has 1 aliphatic heterocycles. The number of nitrogens with zero attached hydrogens (tertiary/aromatic N) is 2. The van der Waals surface area contributed by atoms with Gasteiger partial charge in [-0.1, -0.05) is 6.42 Å². The summed E-state index contributed by atoms with van der Waals surface area (Å²) >= 11 is 1.74. The minimum absolute atomic E-state index is 0. The number of sulfonamides is 1. The van der Waals surface area contributed by atoms with Crippen molar-refractivity contribution in [2.45, 2.75) is 25.3 Å². The van der Waals surface area contributed by atoms with E-state index in [1.165, 1.54) is 10.6 Å². The van der Waals surface area contributed by atoms with Gasteiger partial charge in [0.15, 0.2) is 0 Å². The summed E-state index contributed by atoms with van der Waals surface area (Å²) in [6.07, 6.45) is 3.28. The van der Waals surface area contributed by atoms with Crippen LogP contribution in [0.25, 0.3) is 0 Å². The van der Waals surface area contributed by atoms with Crippen molar-refractivity contribution in [1.82, 2.24) is 9.21 Å². The lowest BCUT2D eigenvalue weighted by Crippen LogP contribution is -2.42. The molecule has 0 aromatic carbocycles. The second-order valence-electron chi connectivity index (χ2n) is 4.83. The van der Waals surface area contributed by atoms with Crippen LogP contribution >= 0.6 is 24.2 Å². The number of hydrogen-bond acceptors (Lipinski definition) is 5. The Morgan fingerprint density at radius 3 is 2.60 bits per heavy atom. The van der Waals surface area contributed by atoms with Crippen LogP contribution in [0.3, 0.4) is 0 Å². The standard InChI is InChI=1S/C11H23N3O3S2.ClH/c1-13(19(2,16)17)6-4-3-5-10(12)11(15)14-7-8-18-9-14;/h10H,3-9,12H2,1-2H3;1H. The molecule has 6 nitrogen and oxygen atoms in total. The number of carbonyl (C=O) groups is 1. The predicted molar refractivity (Wildman–Crippen MR) is 85.6 cm³/mol. The average molecular weight is 346 g/mol. The van der Waals surface area contributed by atoms with Gasteiger partial charge in [0, 0.05) is 25.9 Å². The number of nitrogens with two attached hydrogens (primary N) is 1. The Labute approximate surface area is 131 Å². The lowest BCUT2D eigenvalue weighted by atomic mass is 10.1. The maximum atomic E-state index is 11.9. The summed E-state index contributed by atoms with van der Waals surface area (Å²) in [7, 11) is -1.55. The zero-order valence-electron chi connectivity index (χ0n) is 11.9. The lowest BCUT2D eigenvalue weighted by Gasteiger charge is -2.20. The SMILES string of the molecule is CN(CCCCC(N)C(=O)N1CCSC1)S(C)(=O)=O.Cl. The molecule has 1 aliphatic rings. The van der Waals surface area contributed by atoms with E-state index in [-0.39, 0.29) is 18.3 Å². The largest absolute Gasteiger partial charge is 0.331 e. The molecule has 0 bridgehead atoms. The van der Waals surface area contributed by atoms with Crippen LogP contribution in [0, 0.1) is 0 Å². The Kier molecular flexibility index (Phi) is 9.08. The fourth-order valence-corrected chi connectivity index (χ4v) is 3.23. The first-order valence-corrected chi connectivity index (χ1v) is 9.36. The van der Waals surface area contributed by atoms with Gasteiger partial charge in [0.25, 0.3) is 0 Å². The third-order valence-electron chi connectivity index (χ3n) is 3.19. The molecule has 1 atom stereocenters. The summed E-state index contributed by atoms with van der Waals surface area (Å²) in [4.78, 5) is 13.7. The van der Waals surface area contributed by atoms with Gasteiger partial charge in [-0.25, -0.2) is 12.7 Å². The molecule has 0 aliphatic carbocycles. The van der Waals surface area contributed by atoms with Crippen molar-refractivity contribution < 1.29 is 13.2 Å². The Balaban J connectivity index is 0.00000361. The minimum atomic E-state index is -3.11. The predicted octanol–water partition coefficient (Wildman–Crippen LogP) is 0.330. The number of rotatable bonds is 7. The number of hydrogen-bond donors (Lipinski definition) is 1. The molecule has 0 saturated carbocycles. The molecule has 1 heterocycles. The topological polar surface area (TPSA) is 83.7 Å². The van der Waals surface area contributed by atoms with Crippen LogP contribution in [0.1, 0.15) is 19.3 Å². The molecule has 0 aromatic rings. The summed E-state index contributed by atoms with van der Waals surface area (Å²) in [5, 5.41) is 0. The highest BCUT2D eigenvalue weighted by Gasteiger charge is 2.23. The molecule has 0 spiro atoms. The molecule has 1 fully saturated rings. The van der Waals surface area contributed by atoms with E-state index >= 15 is 0 Å². The highest BCUT2D eigenvalue weighted by atomic mass is 35.5. The van der Waals surface area contributed by atoms with E-state index in [0.717, 1.165) is 31.0 Å². The van der Waals surface area contributed by atoms with Crippen molar-refractivity contribution in [3.63, 3.8) is 0 Å². The molecule has 9 heteroatoms. The summed E-state index contributed by atoms with van der Waals surface area (Å²) < 4.78 is 23.7. The Morgan fingerprint density at radius 1 is 1.45 bits per heavy atom. The highest BCUT2D eigenvalue weighted by Crippen LogP contribution is 2.15. The third-order valence-corrected chi connectivity index (χ3v) is 5.47.